The average molecular weight is 238 g/mol. The van der Waals surface area contributed by atoms with E-state index in [0.29, 0.717) is 26.1 Å². The van der Waals surface area contributed by atoms with Gasteiger partial charge in [-0.1, -0.05) is 27.0 Å². The molecule has 0 aromatic rings. The molecule has 0 saturated heterocycles. The number of carbonyl (C=O) groups is 2. The molecule has 0 aromatic carbocycles. The molecular weight excluding hydrogens is 216 g/mol. The Balaban J connectivity index is 3.68. The molecule has 0 aromatic heterocycles. The minimum absolute atomic E-state index is 0.0379. The molecule has 0 amide bonds. The van der Waals surface area contributed by atoms with Crippen LogP contribution in [-0.4, -0.2) is 24.8 Å². The molecule has 0 aliphatic carbocycles. The molecular formula is C14H22O3. The lowest BCUT2D eigenvalue weighted by molar-refractivity contribution is -0.116. The SMILES string of the molecule is C=CC(=O)CC(C)COCC(C)CC(=O)C=C. The minimum atomic E-state index is 0.0379. The molecule has 0 radical (unpaired) electrons. The lowest BCUT2D eigenvalue weighted by atomic mass is 10.0. The van der Waals surface area contributed by atoms with Crippen LogP contribution in [0.5, 0.6) is 0 Å². The molecule has 17 heavy (non-hydrogen) atoms. The van der Waals surface area contributed by atoms with Crippen molar-refractivity contribution in [3.05, 3.63) is 25.3 Å². The molecule has 0 heterocycles. The van der Waals surface area contributed by atoms with E-state index in [1.54, 1.807) is 0 Å². The maximum absolute atomic E-state index is 11.1. The second kappa shape index (κ2) is 8.88. The summed E-state index contributed by atoms with van der Waals surface area (Å²) in [5.41, 5.74) is 0. The second-order valence-corrected chi connectivity index (χ2v) is 4.50. The monoisotopic (exact) mass is 238 g/mol. The van der Waals surface area contributed by atoms with Crippen molar-refractivity contribution in [3.63, 3.8) is 0 Å². The Bertz CT molecular complexity index is 253. The quantitative estimate of drug-likeness (QED) is 0.549. The number of rotatable bonds is 10. The zero-order valence-corrected chi connectivity index (χ0v) is 10.8. The summed E-state index contributed by atoms with van der Waals surface area (Å²) in [4.78, 5) is 22.1. The van der Waals surface area contributed by atoms with Crippen molar-refractivity contribution in [2.45, 2.75) is 26.7 Å². The lowest BCUT2D eigenvalue weighted by Gasteiger charge is -2.13. The van der Waals surface area contributed by atoms with Crippen molar-refractivity contribution >= 4 is 11.6 Å². The van der Waals surface area contributed by atoms with Crippen LogP contribution in [0.25, 0.3) is 0 Å². The number of carbonyl (C=O) groups excluding carboxylic acids is 2. The number of ether oxygens (including phenoxy) is 1. The Morgan fingerprint density at radius 2 is 1.35 bits per heavy atom. The van der Waals surface area contributed by atoms with Gasteiger partial charge in [0, 0.05) is 26.1 Å². The van der Waals surface area contributed by atoms with Crippen LogP contribution in [0.4, 0.5) is 0 Å². The average Bonchev–Trinajstić information content (AvgIpc) is 2.28. The lowest BCUT2D eigenvalue weighted by Crippen LogP contribution is -2.15. The van der Waals surface area contributed by atoms with Gasteiger partial charge in [-0.25, -0.2) is 0 Å². The summed E-state index contributed by atoms with van der Waals surface area (Å²) in [6.07, 6.45) is 3.59. The first-order chi connectivity index (χ1) is 7.99. The summed E-state index contributed by atoms with van der Waals surface area (Å²) in [5, 5.41) is 0. The van der Waals surface area contributed by atoms with Crippen LogP contribution in [0.3, 0.4) is 0 Å². The van der Waals surface area contributed by atoms with Gasteiger partial charge >= 0.3 is 0 Å². The zero-order valence-electron chi connectivity index (χ0n) is 10.8. The molecule has 0 bridgehead atoms. The van der Waals surface area contributed by atoms with Gasteiger partial charge < -0.3 is 4.74 Å². The Kier molecular flexibility index (Phi) is 8.24. The van der Waals surface area contributed by atoms with Crippen LogP contribution >= 0.6 is 0 Å². The van der Waals surface area contributed by atoms with Crippen molar-refractivity contribution < 1.29 is 14.3 Å². The molecule has 3 nitrogen and oxygen atoms in total. The highest BCUT2D eigenvalue weighted by atomic mass is 16.5. The van der Waals surface area contributed by atoms with Gasteiger partial charge in [-0.15, -0.1) is 0 Å². The van der Waals surface area contributed by atoms with Gasteiger partial charge in [0.1, 0.15) is 0 Å². The molecule has 2 atom stereocenters. The van der Waals surface area contributed by atoms with Crippen molar-refractivity contribution in [1.29, 1.82) is 0 Å². The van der Waals surface area contributed by atoms with E-state index in [1.165, 1.54) is 12.2 Å². The fourth-order valence-electron chi connectivity index (χ4n) is 1.44. The second-order valence-electron chi connectivity index (χ2n) is 4.50. The first kappa shape index (κ1) is 15.8. The van der Waals surface area contributed by atoms with Crippen LogP contribution in [0.1, 0.15) is 26.7 Å². The van der Waals surface area contributed by atoms with E-state index in [1.807, 2.05) is 13.8 Å². The molecule has 2 unspecified atom stereocenters. The highest BCUT2D eigenvalue weighted by Gasteiger charge is 2.09. The number of allylic oxidation sites excluding steroid dienone is 2. The van der Waals surface area contributed by atoms with Gasteiger partial charge in [0.05, 0.1) is 0 Å². The fraction of sp³-hybridized carbons (Fsp3) is 0.571. The Labute approximate surface area is 104 Å². The first-order valence-electron chi connectivity index (χ1n) is 5.87. The van der Waals surface area contributed by atoms with Gasteiger partial charge in [-0.05, 0) is 24.0 Å². The van der Waals surface area contributed by atoms with Crippen LogP contribution in [0.15, 0.2) is 25.3 Å². The summed E-state index contributed by atoms with van der Waals surface area (Å²) in [7, 11) is 0. The molecule has 0 spiro atoms. The molecule has 0 rings (SSSR count). The van der Waals surface area contributed by atoms with E-state index in [0.717, 1.165) is 0 Å². The van der Waals surface area contributed by atoms with E-state index in [9.17, 15) is 9.59 Å². The summed E-state index contributed by atoms with van der Waals surface area (Å²) in [5.74, 6) is 0.442. The summed E-state index contributed by atoms with van der Waals surface area (Å²) < 4.78 is 5.47. The standard InChI is InChI=1S/C14H22O3/c1-5-13(15)7-11(3)9-17-10-12(4)8-14(16)6-2/h5-6,11-12H,1-2,7-10H2,3-4H3. The normalized spacial score (nSPS) is 13.8. The molecule has 0 aliphatic heterocycles. The van der Waals surface area contributed by atoms with Gasteiger partial charge in [0.15, 0.2) is 11.6 Å². The maximum atomic E-state index is 11.1. The molecule has 0 N–H and O–H groups in total. The number of hydrogen-bond acceptors (Lipinski definition) is 3. The minimum Gasteiger partial charge on any atom is -0.381 e. The van der Waals surface area contributed by atoms with Crippen molar-refractivity contribution in [1.82, 2.24) is 0 Å². The zero-order chi connectivity index (χ0) is 13.3. The predicted octanol–water partition coefficient (Wildman–Crippen LogP) is 2.57. The van der Waals surface area contributed by atoms with Crippen molar-refractivity contribution in [3.8, 4) is 0 Å². The van der Waals surface area contributed by atoms with Gasteiger partial charge in [0.25, 0.3) is 0 Å². The largest absolute Gasteiger partial charge is 0.381 e. The van der Waals surface area contributed by atoms with E-state index < -0.39 is 0 Å². The van der Waals surface area contributed by atoms with Crippen molar-refractivity contribution in [2.24, 2.45) is 11.8 Å². The van der Waals surface area contributed by atoms with Crippen LogP contribution in [0.2, 0.25) is 0 Å². The summed E-state index contributed by atoms with van der Waals surface area (Å²) in [6, 6.07) is 0. The molecule has 0 aliphatic rings. The first-order valence-corrected chi connectivity index (χ1v) is 5.87. The van der Waals surface area contributed by atoms with Gasteiger partial charge in [0.2, 0.25) is 0 Å². The molecule has 96 valence electrons. The predicted molar refractivity (Wildman–Crippen MR) is 68.8 cm³/mol. The topological polar surface area (TPSA) is 43.4 Å². The third-order valence-electron chi connectivity index (χ3n) is 2.36. The molecule has 0 fully saturated rings. The van der Waals surface area contributed by atoms with E-state index in [2.05, 4.69) is 13.2 Å². The Morgan fingerprint density at radius 3 is 1.65 bits per heavy atom. The summed E-state index contributed by atoms with van der Waals surface area (Å²) in [6.45, 7) is 11.8. The van der Waals surface area contributed by atoms with E-state index in [4.69, 9.17) is 4.74 Å². The van der Waals surface area contributed by atoms with E-state index >= 15 is 0 Å². The van der Waals surface area contributed by atoms with Crippen LogP contribution < -0.4 is 0 Å². The van der Waals surface area contributed by atoms with E-state index in [-0.39, 0.29) is 23.4 Å². The summed E-state index contributed by atoms with van der Waals surface area (Å²) >= 11 is 0. The maximum Gasteiger partial charge on any atom is 0.155 e. The Morgan fingerprint density at radius 1 is 1.00 bits per heavy atom. The highest BCUT2D eigenvalue weighted by Crippen LogP contribution is 2.08. The molecule has 0 saturated carbocycles. The van der Waals surface area contributed by atoms with Crippen LogP contribution in [-0.2, 0) is 14.3 Å². The number of ketones is 2. The van der Waals surface area contributed by atoms with Gasteiger partial charge in [-0.2, -0.15) is 0 Å². The fourth-order valence-corrected chi connectivity index (χ4v) is 1.44. The smallest absolute Gasteiger partial charge is 0.155 e. The third-order valence-corrected chi connectivity index (χ3v) is 2.36. The number of hydrogen-bond donors (Lipinski definition) is 0. The van der Waals surface area contributed by atoms with Crippen LogP contribution in [0, 0.1) is 11.8 Å². The third kappa shape index (κ3) is 8.57. The van der Waals surface area contributed by atoms with Gasteiger partial charge in [-0.3, -0.25) is 9.59 Å². The highest BCUT2D eigenvalue weighted by molar-refractivity contribution is 5.89. The molecule has 3 heteroatoms. The Hall–Kier alpha value is -1.22. The van der Waals surface area contributed by atoms with Crippen molar-refractivity contribution in [2.75, 3.05) is 13.2 Å².